The van der Waals surface area contributed by atoms with Gasteiger partial charge in [0.2, 0.25) is 0 Å². The van der Waals surface area contributed by atoms with E-state index in [4.69, 9.17) is 10.00 Å². The SMILES string of the molecule is N#Cc1ccc(/C=C/C(=O)COc2ccccc2)cc1. The number of ether oxygens (including phenoxy) is 1. The van der Waals surface area contributed by atoms with Crippen molar-refractivity contribution in [3.05, 3.63) is 71.8 Å². The lowest BCUT2D eigenvalue weighted by atomic mass is 10.1. The molecule has 0 heterocycles. The molecule has 0 aliphatic rings. The van der Waals surface area contributed by atoms with Gasteiger partial charge in [-0.15, -0.1) is 0 Å². The van der Waals surface area contributed by atoms with E-state index in [1.807, 2.05) is 24.3 Å². The Morgan fingerprint density at radius 2 is 1.80 bits per heavy atom. The number of hydrogen-bond acceptors (Lipinski definition) is 3. The molecule has 0 aliphatic heterocycles. The molecule has 98 valence electrons. The smallest absolute Gasteiger partial charge is 0.193 e. The summed E-state index contributed by atoms with van der Waals surface area (Å²) in [7, 11) is 0. The topological polar surface area (TPSA) is 50.1 Å². The van der Waals surface area contributed by atoms with Gasteiger partial charge in [0.15, 0.2) is 12.4 Å². The fourth-order valence-electron chi connectivity index (χ4n) is 1.58. The molecule has 0 spiro atoms. The van der Waals surface area contributed by atoms with Gasteiger partial charge >= 0.3 is 0 Å². The van der Waals surface area contributed by atoms with E-state index in [1.54, 1.807) is 42.5 Å². The van der Waals surface area contributed by atoms with Crippen molar-refractivity contribution in [3.8, 4) is 11.8 Å². The van der Waals surface area contributed by atoms with Gasteiger partial charge in [0.1, 0.15) is 5.75 Å². The van der Waals surface area contributed by atoms with E-state index in [1.165, 1.54) is 6.08 Å². The molecule has 20 heavy (non-hydrogen) atoms. The molecule has 0 amide bonds. The Balaban J connectivity index is 1.87. The summed E-state index contributed by atoms with van der Waals surface area (Å²) >= 11 is 0. The first kappa shape index (κ1) is 13.6. The van der Waals surface area contributed by atoms with Crippen molar-refractivity contribution in [3.63, 3.8) is 0 Å². The van der Waals surface area contributed by atoms with Crippen LogP contribution in [0.15, 0.2) is 60.7 Å². The highest BCUT2D eigenvalue weighted by molar-refractivity contribution is 5.94. The summed E-state index contributed by atoms with van der Waals surface area (Å²) < 4.78 is 5.35. The number of carbonyl (C=O) groups is 1. The maximum Gasteiger partial charge on any atom is 0.193 e. The van der Waals surface area contributed by atoms with E-state index in [9.17, 15) is 4.79 Å². The number of nitriles is 1. The molecule has 2 rings (SSSR count). The number of para-hydroxylation sites is 1. The van der Waals surface area contributed by atoms with Gasteiger partial charge in [-0.25, -0.2) is 0 Å². The second-order valence-corrected chi connectivity index (χ2v) is 4.14. The first-order chi connectivity index (χ1) is 9.78. The van der Waals surface area contributed by atoms with Crippen LogP contribution >= 0.6 is 0 Å². The molecule has 0 aliphatic carbocycles. The predicted molar refractivity (Wildman–Crippen MR) is 77.1 cm³/mol. The van der Waals surface area contributed by atoms with Crippen LogP contribution in [0.1, 0.15) is 11.1 Å². The number of rotatable bonds is 5. The molecule has 2 aromatic carbocycles. The maximum absolute atomic E-state index is 11.6. The van der Waals surface area contributed by atoms with Gasteiger partial charge in [0.05, 0.1) is 11.6 Å². The molecule has 0 unspecified atom stereocenters. The van der Waals surface area contributed by atoms with E-state index in [2.05, 4.69) is 0 Å². The molecule has 0 aromatic heterocycles. The molecular formula is C17H13NO2. The third-order valence-electron chi connectivity index (χ3n) is 2.63. The Hall–Kier alpha value is -2.86. The van der Waals surface area contributed by atoms with Gasteiger partial charge in [0.25, 0.3) is 0 Å². The zero-order valence-corrected chi connectivity index (χ0v) is 10.8. The molecule has 0 radical (unpaired) electrons. The van der Waals surface area contributed by atoms with Gasteiger partial charge in [-0.2, -0.15) is 5.26 Å². The van der Waals surface area contributed by atoms with Gasteiger partial charge in [-0.3, -0.25) is 4.79 Å². The zero-order chi connectivity index (χ0) is 14.2. The number of benzene rings is 2. The summed E-state index contributed by atoms with van der Waals surface area (Å²) in [6.07, 6.45) is 3.18. The fourth-order valence-corrected chi connectivity index (χ4v) is 1.58. The predicted octanol–water partition coefficient (Wildman–Crippen LogP) is 3.22. The second kappa shape index (κ2) is 6.91. The molecular weight excluding hydrogens is 250 g/mol. The number of nitrogens with zero attached hydrogens (tertiary/aromatic N) is 1. The minimum atomic E-state index is -0.113. The third-order valence-corrected chi connectivity index (χ3v) is 2.63. The summed E-state index contributed by atoms with van der Waals surface area (Å²) in [6, 6.07) is 18.3. The van der Waals surface area contributed by atoms with Crippen molar-refractivity contribution in [1.29, 1.82) is 5.26 Å². The van der Waals surface area contributed by atoms with E-state index in [0.29, 0.717) is 11.3 Å². The molecule has 0 saturated heterocycles. The second-order valence-electron chi connectivity index (χ2n) is 4.14. The fraction of sp³-hybridized carbons (Fsp3) is 0.0588. The normalized spacial score (nSPS) is 10.2. The lowest BCUT2D eigenvalue weighted by Crippen LogP contribution is -2.07. The van der Waals surface area contributed by atoms with Crippen molar-refractivity contribution in [2.45, 2.75) is 0 Å². The van der Waals surface area contributed by atoms with Crippen molar-refractivity contribution in [2.75, 3.05) is 6.61 Å². The number of ketones is 1. The molecule has 0 fully saturated rings. The number of carbonyl (C=O) groups excluding carboxylic acids is 1. The first-order valence-corrected chi connectivity index (χ1v) is 6.17. The van der Waals surface area contributed by atoms with E-state index < -0.39 is 0 Å². The Labute approximate surface area is 117 Å². The summed E-state index contributed by atoms with van der Waals surface area (Å²) in [5.41, 5.74) is 1.47. The first-order valence-electron chi connectivity index (χ1n) is 6.17. The van der Waals surface area contributed by atoms with Gasteiger partial charge in [0, 0.05) is 0 Å². The van der Waals surface area contributed by atoms with Crippen molar-refractivity contribution in [2.24, 2.45) is 0 Å². The van der Waals surface area contributed by atoms with Crippen LogP contribution in [-0.4, -0.2) is 12.4 Å². The summed E-state index contributed by atoms with van der Waals surface area (Å²) in [5.74, 6) is 0.561. The Bertz CT molecular complexity index is 637. The highest BCUT2D eigenvalue weighted by Gasteiger charge is 1.98. The monoisotopic (exact) mass is 263 g/mol. The van der Waals surface area contributed by atoms with Crippen molar-refractivity contribution < 1.29 is 9.53 Å². The highest BCUT2D eigenvalue weighted by atomic mass is 16.5. The average Bonchev–Trinajstić information content (AvgIpc) is 2.52. The molecule has 0 bridgehead atoms. The van der Waals surface area contributed by atoms with Crippen LogP contribution in [0.25, 0.3) is 6.08 Å². The average molecular weight is 263 g/mol. The molecule has 2 aromatic rings. The van der Waals surface area contributed by atoms with Crippen molar-refractivity contribution >= 4 is 11.9 Å². The lowest BCUT2D eigenvalue weighted by molar-refractivity contribution is -0.116. The maximum atomic E-state index is 11.6. The minimum Gasteiger partial charge on any atom is -0.485 e. The van der Waals surface area contributed by atoms with Crippen LogP contribution in [0.2, 0.25) is 0 Å². The number of hydrogen-bond donors (Lipinski definition) is 0. The lowest BCUT2D eigenvalue weighted by Gasteiger charge is -2.02. The molecule has 0 atom stereocenters. The zero-order valence-electron chi connectivity index (χ0n) is 10.8. The quantitative estimate of drug-likeness (QED) is 0.778. The van der Waals surface area contributed by atoms with Gasteiger partial charge in [-0.1, -0.05) is 36.4 Å². The van der Waals surface area contributed by atoms with Crippen molar-refractivity contribution in [1.82, 2.24) is 0 Å². The van der Waals surface area contributed by atoms with Crippen LogP contribution in [0.4, 0.5) is 0 Å². The highest BCUT2D eigenvalue weighted by Crippen LogP contribution is 2.08. The van der Waals surface area contributed by atoms with Crippen LogP contribution in [0.5, 0.6) is 5.75 Å². The molecule has 0 saturated carbocycles. The van der Waals surface area contributed by atoms with Gasteiger partial charge in [-0.05, 0) is 35.9 Å². The molecule has 3 nitrogen and oxygen atoms in total. The van der Waals surface area contributed by atoms with E-state index in [0.717, 1.165) is 5.56 Å². The Morgan fingerprint density at radius 3 is 2.45 bits per heavy atom. The van der Waals surface area contributed by atoms with Crippen LogP contribution < -0.4 is 4.74 Å². The van der Waals surface area contributed by atoms with Crippen LogP contribution in [-0.2, 0) is 4.79 Å². The standard InChI is InChI=1S/C17H13NO2/c18-12-15-8-6-14(7-9-15)10-11-16(19)13-20-17-4-2-1-3-5-17/h1-11H,13H2/b11-10+. The van der Waals surface area contributed by atoms with Gasteiger partial charge < -0.3 is 4.74 Å². The third kappa shape index (κ3) is 4.11. The molecule has 0 N–H and O–H groups in total. The van der Waals surface area contributed by atoms with Crippen LogP contribution in [0.3, 0.4) is 0 Å². The summed E-state index contributed by atoms with van der Waals surface area (Å²) in [5, 5.41) is 8.69. The van der Waals surface area contributed by atoms with Crippen LogP contribution in [0, 0.1) is 11.3 Å². The van der Waals surface area contributed by atoms with E-state index >= 15 is 0 Å². The molecule has 3 heteroatoms. The summed E-state index contributed by atoms with van der Waals surface area (Å²) in [6.45, 7) is 0.0107. The minimum absolute atomic E-state index is 0.0107. The Morgan fingerprint density at radius 1 is 1.10 bits per heavy atom. The largest absolute Gasteiger partial charge is 0.485 e. The summed E-state index contributed by atoms with van der Waals surface area (Å²) in [4.78, 5) is 11.6. The van der Waals surface area contributed by atoms with E-state index in [-0.39, 0.29) is 12.4 Å². The Kier molecular flexibility index (Phi) is 4.69.